The predicted octanol–water partition coefficient (Wildman–Crippen LogP) is 1.57. The summed E-state index contributed by atoms with van der Waals surface area (Å²) in [6.45, 7) is 0.389. The number of piperidine rings is 1. The van der Waals surface area contributed by atoms with Crippen LogP contribution in [0.3, 0.4) is 0 Å². The highest BCUT2D eigenvalue weighted by Crippen LogP contribution is 2.22. The molecule has 9 nitrogen and oxygen atoms in total. The van der Waals surface area contributed by atoms with E-state index < -0.39 is 17.2 Å². The third-order valence-electron chi connectivity index (χ3n) is 5.45. The third-order valence-corrected chi connectivity index (χ3v) is 5.45. The van der Waals surface area contributed by atoms with Gasteiger partial charge in [-0.15, -0.1) is 0 Å². The number of aryl methyl sites for hydroxylation is 1. The summed E-state index contributed by atoms with van der Waals surface area (Å²) in [6, 6.07) is 1.55. The maximum Gasteiger partial charge on any atom is 0.259 e. The molecule has 1 N–H and O–H groups in total. The lowest BCUT2D eigenvalue weighted by Gasteiger charge is -2.31. The Bertz CT molecular complexity index is 1230. The van der Waals surface area contributed by atoms with Crippen molar-refractivity contribution in [2.24, 2.45) is 13.0 Å². The van der Waals surface area contributed by atoms with E-state index in [2.05, 4.69) is 15.1 Å². The number of hydrogen-bond donors (Lipinski definition) is 1. The summed E-state index contributed by atoms with van der Waals surface area (Å²) < 4.78 is 34.1. The predicted molar refractivity (Wildman–Crippen MR) is 109 cm³/mol. The van der Waals surface area contributed by atoms with E-state index >= 15 is 0 Å². The molecule has 1 saturated heterocycles. The molecule has 0 unspecified atom stereocenters. The molecule has 2 aromatic heterocycles. The Morgan fingerprint density at radius 1 is 1.25 bits per heavy atom. The molecule has 11 heteroatoms. The molecule has 3 heterocycles. The molecule has 1 aromatic carbocycles. The van der Waals surface area contributed by atoms with Crippen molar-refractivity contribution in [1.82, 2.24) is 24.6 Å². The van der Waals surface area contributed by atoms with E-state index in [1.54, 1.807) is 29.0 Å². The van der Waals surface area contributed by atoms with Crippen LogP contribution < -0.4 is 5.56 Å². The number of rotatable bonds is 6. The number of nitrogens with zero attached hydrogens (tertiary/aromatic N) is 4. The number of carbonyl (C=O) groups is 2. The molecule has 0 atom stereocenters. The van der Waals surface area contributed by atoms with Crippen LogP contribution in [0.2, 0.25) is 0 Å². The zero-order chi connectivity index (χ0) is 22.8. The first-order valence-corrected chi connectivity index (χ1v) is 10.1. The van der Waals surface area contributed by atoms with Gasteiger partial charge in [-0.1, -0.05) is 0 Å². The molecule has 0 radical (unpaired) electrons. The van der Waals surface area contributed by atoms with E-state index in [4.69, 9.17) is 4.74 Å². The summed E-state index contributed by atoms with van der Waals surface area (Å²) in [5.74, 6) is -2.18. The highest BCUT2D eigenvalue weighted by molar-refractivity contribution is 5.97. The van der Waals surface area contributed by atoms with Crippen LogP contribution in [-0.4, -0.2) is 56.0 Å². The summed E-state index contributed by atoms with van der Waals surface area (Å²) in [5.41, 5.74) is -0.393. The fourth-order valence-corrected chi connectivity index (χ4v) is 3.78. The van der Waals surface area contributed by atoms with Crippen molar-refractivity contribution in [3.05, 3.63) is 57.9 Å². The summed E-state index contributed by atoms with van der Waals surface area (Å²) in [7, 11) is 1.75. The molecule has 1 aliphatic rings. The standard InChI is InChI=1S/C21H21F2N5O4/c1-27-9-13(8-24-27)20(30)12-2-4-28(5-3-12)18(29)11-32-10-17-25-19-15(21(31)26-17)6-14(22)7-16(19)23/h6-9,12H,2-5,10-11H2,1H3,(H,25,26,31). The number of carbonyl (C=O) groups excluding carboxylic acids is 2. The third kappa shape index (κ3) is 4.57. The van der Waals surface area contributed by atoms with E-state index in [1.807, 2.05) is 0 Å². The van der Waals surface area contributed by atoms with Gasteiger partial charge in [-0.05, 0) is 18.9 Å². The van der Waals surface area contributed by atoms with Crippen molar-refractivity contribution >= 4 is 22.6 Å². The number of fused-ring (bicyclic) bond motifs is 1. The largest absolute Gasteiger partial charge is 0.364 e. The molecule has 0 spiro atoms. The number of ketones is 1. The molecular weight excluding hydrogens is 424 g/mol. The minimum Gasteiger partial charge on any atom is -0.364 e. The topological polar surface area (TPSA) is 110 Å². The number of likely N-dealkylation sites (tertiary alicyclic amines) is 1. The van der Waals surface area contributed by atoms with E-state index in [0.717, 1.165) is 6.07 Å². The Morgan fingerprint density at radius 3 is 2.69 bits per heavy atom. The van der Waals surface area contributed by atoms with E-state index in [0.29, 0.717) is 37.6 Å². The van der Waals surface area contributed by atoms with Crippen LogP contribution in [0.15, 0.2) is 29.3 Å². The number of Topliss-reactive ketones (excluding diaryl/α,β-unsaturated/α-hetero) is 1. The lowest BCUT2D eigenvalue weighted by atomic mass is 9.90. The van der Waals surface area contributed by atoms with Crippen molar-refractivity contribution in [2.45, 2.75) is 19.4 Å². The van der Waals surface area contributed by atoms with Crippen LogP contribution in [0.5, 0.6) is 0 Å². The van der Waals surface area contributed by atoms with E-state index in [1.165, 1.54) is 0 Å². The van der Waals surface area contributed by atoms with Gasteiger partial charge in [-0.25, -0.2) is 13.8 Å². The van der Waals surface area contributed by atoms with Crippen LogP contribution in [-0.2, 0) is 23.2 Å². The summed E-state index contributed by atoms with van der Waals surface area (Å²) in [5, 5.41) is 3.81. The number of aromatic nitrogens is 4. The Balaban J connectivity index is 1.29. The second-order valence-electron chi connectivity index (χ2n) is 7.71. The minimum atomic E-state index is -0.952. The number of amides is 1. The van der Waals surface area contributed by atoms with Crippen molar-refractivity contribution in [3.63, 3.8) is 0 Å². The molecule has 32 heavy (non-hydrogen) atoms. The highest BCUT2D eigenvalue weighted by atomic mass is 19.1. The molecular formula is C21H21F2N5O4. The van der Waals surface area contributed by atoms with Crippen LogP contribution in [0.25, 0.3) is 10.9 Å². The monoisotopic (exact) mass is 445 g/mol. The quantitative estimate of drug-likeness (QED) is 0.577. The number of H-pyrrole nitrogens is 1. The fraction of sp³-hybridized carbons (Fsp3) is 0.381. The Kier molecular flexibility index (Phi) is 6.08. The summed E-state index contributed by atoms with van der Waals surface area (Å²) in [6.07, 6.45) is 4.33. The summed E-state index contributed by atoms with van der Waals surface area (Å²) >= 11 is 0. The Hall–Kier alpha value is -3.47. The molecule has 1 aliphatic heterocycles. The molecule has 168 valence electrons. The van der Waals surface area contributed by atoms with Gasteiger partial charge >= 0.3 is 0 Å². The molecule has 0 bridgehead atoms. The first-order valence-electron chi connectivity index (χ1n) is 10.1. The highest BCUT2D eigenvalue weighted by Gasteiger charge is 2.28. The first-order chi connectivity index (χ1) is 15.3. The first kappa shape index (κ1) is 21.8. The van der Waals surface area contributed by atoms with E-state index in [9.17, 15) is 23.2 Å². The van der Waals surface area contributed by atoms with Crippen molar-refractivity contribution in [2.75, 3.05) is 19.7 Å². The maximum absolute atomic E-state index is 13.9. The molecule has 3 aromatic rings. The van der Waals surface area contributed by atoms with Gasteiger partial charge < -0.3 is 14.6 Å². The normalized spacial score (nSPS) is 14.8. The number of ether oxygens (including phenoxy) is 1. The summed E-state index contributed by atoms with van der Waals surface area (Å²) in [4.78, 5) is 45.0. The van der Waals surface area contributed by atoms with Crippen molar-refractivity contribution in [3.8, 4) is 0 Å². The van der Waals surface area contributed by atoms with Gasteiger partial charge in [0.1, 0.15) is 30.4 Å². The SMILES string of the molecule is Cn1cc(C(=O)C2CCN(C(=O)COCc3nc4c(F)cc(F)cc4c(=O)[nH]3)CC2)cn1. The zero-order valence-electron chi connectivity index (χ0n) is 17.3. The average molecular weight is 445 g/mol. The number of benzene rings is 1. The lowest BCUT2D eigenvalue weighted by molar-refractivity contribution is -0.137. The second-order valence-corrected chi connectivity index (χ2v) is 7.71. The number of halogens is 2. The molecule has 0 saturated carbocycles. The second kappa shape index (κ2) is 8.95. The van der Waals surface area contributed by atoms with Crippen LogP contribution in [0.4, 0.5) is 8.78 Å². The van der Waals surface area contributed by atoms with Gasteiger partial charge in [0, 0.05) is 38.3 Å². The van der Waals surface area contributed by atoms with Crippen LogP contribution >= 0.6 is 0 Å². The molecule has 4 rings (SSSR count). The average Bonchev–Trinajstić information content (AvgIpc) is 3.20. The molecule has 0 aliphatic carbocycles. The van der Waals surface area contributed by atoms with Gasteiger partial charge in [-0.2, -0.15) is 5.10 Å². The van der Waals surface area contributed by atoms with Gasteiger partial charge in [0.05, 0.1) is 17.1 Å². The smallest absolute Gasteiger partial charge is 0.259 e. The van der Waals surface area contributed by atoms with Gasteiger partial charge in [0.2, 0.25) is 5.91 Å². The zero-order valence-corrected chi connectivity index (χ0v) is 17.3. The van der Waals surface area contributed by atoms with Gasteiger partial charge in [0.15, 0.2) is 11.6 Å². The lowest BCUT2D eigenvalue weighted by Crippen LogP contribution is -2.42. The number of nitrogens with one attached hydrogen (secondary N) is 1. The number of aromatic amines is 1. The maximum atomic E-state index is 13.9. The molecule has 1 amide bonds. The Labute approximate surface area is 181 Å². The van der Waals surface area contributed by atoms with E-state index in [-0.39, 0.29) is 47.5 Å². The van der Waals surface area contributed by atoms with Crippen LogP contribution in [0.1, 0.15) is 29.0 Å². The minimum absolute atomic E-state index is 0.0277. The van der Waals surface area contributed by atoms with Gasteiger partial charge in [0.25, 0.3) is 5.56 Å². The number of hydrogen-bond acceptors (Lipinski definition) is 6. The van der Waals surface area contributed by atoms with Crippen molar-refractivity contribution < 1.29 is 23.1 Å². The van der Waals surface area contributed by atoms with Gasteiger partial charge in [-0.3, -0.25) is 19.1 Å². The van der Waals surface area contributed by atoms with Crippen LogP contribution in [0, 0.1) is 17.6 Å². The Morgan fingerprint density at radius 2 is 2.00 bits per heavy atom. The fourth-order valence-electron chi connectivity index (χ4n) is 3.78. The van der Waals surface area contributed by atoms with Crippen molar-refractivity contribution in [1.29, 1.82) is 0 Å². The molecule has 1 fully saturated rings.